The molecule has 0 radical (unpaired) electrons. The van der Waals surface area contributed by atoms with E-state index in [1.165, 1.54) is 16.7 Å². The Morgan fingerprint density at radius 2 is 2.35 bits per heavy atom. The van der Waals surface area contributed by atoms with Crippen molar-refractivity contribution in [1.82, 2.24) is 20.2 Å². The minimum Gasteiger partial charge on any atom is -0.476 e. The number of nitrogens with zero attached hydrogens (tertiary/aromatic N) is 4. The van der Waals surface area contributed by atoms with E-state index in [0.29, 0.717) is 17.5 Å². The molecule has 2 N–H and O–H groups in total. The maximum Gasteiger partial charge on any atom is 0.355 e. The van der Waals surface area contributed by atoms with E-state index in [4.69, 9.17) is 5.11 Å². The Labute approximate surface area is 101 Å². The van der Waals surface area contributed by atoms with Crippen LogP contribution in [0.3, 0.4) is 0 Å². The van der Waals surface area contributed by atoms with Crippen LogP contribution in [0.15, 0.2) is 5.38 Å². The lowest BCUT2D eigenvalue weighted by atomic mass is 10.5. The summed E-state index contributed by atoms with van der Waals surface area (Å²) in [5.74, 6) is 0.380. The van der Waals surface area contributed by atoms with Gasteiger partial charge in [0.1, 0.15) is 5.82 Å². The van der Waals surface area contributed by atoms with Crippen molar-refractivity contribution in [2.75, 3.05) is 11.9 Å². The Morgan fingerprint density at radius 3 is 2.88 bits per heavy atom. The number of carboxylic acids is 1. The zero-order chi connectivity index (χ0) is 12.4. The van der Waals surface area contributed by atoms with E-state index in [1.54, 1.807) is 4.90 Å². The second kappa shape index (κ2) is 4.50. The highest BCUT2D eigenvalue weighted by atomic mass is 32.1. The molecule has 0 bridgehead atoms. The lowest BCUT2D eigenvalue weighted by Crippen LogP contribution is -2.17. The van der Waals surface area contributed by atoms with Crippen molar-refractivity contribution < 1.29 is 9.90 Å². The van der Waals surface area contributed by atoms with E-state index in [0.717, 1.165) is 5.82 Å². The number of thiazole rings is 1. The van der Waals surface area contributed by atoms with Gasteiger partial charge in [0, 0.05) is 12.4 Å². The average molecular weight is 253 g/mol. The Morgan fingerprint density at radius 1 is 1.59 bits per heavy atom. The molecule has 0 atom stereocenters. The predicted molar refractivity (Wildman–Crippen MR) is 62.3 cm³/mol. The molecule has 2 rings (SSSR count). The van der Waals surface area contributed by atoms with Crippen LogP contribution in [0.5, 0.6) is 0 Å². The van der Waals surface area contributed by atoms with Crippen LogP contribution in [0.25, 0.3) is 0 Å². The summed E-state index contributed by atoms with van der Waals surface area (Å²) < 4.78 is 0. The van der Waals surface area contributed by atoms with Crippen molar-refractivity contribution in [3.05, 3.63) is 22.7 Å². The van der Waals surface area contributed by atoms with Gasteiger partial charge in [-0.05, 0) is 6.92 Å². The highest BCUT2D eigenvalue weighted by Crippen LogP contribution is 2.20. The summed E-state index contributed by atoms with van der Waals surface area (Å²) in [5.41, 5.74) is 0.0583. The summed E-state index contributed by atoms with van der Waals surface area (Å²) in [6.45, 7) is 2.30. The van der Waals surface area contributed by atoms with E-state index in [-0.39, 0.29) is 5.69 Å². The zero-order valence-corrected chi connectivity index (χ0v) is 10.2. The number of nitrogens with one attached hydrogen (secondary N) is 1. The normalized spacial score (nSPS) is 10.5. The fraction of sp³-hybridized carbons (Fsp3) is 0.333. The number of aromatic carboxylic acids is 1. The highest BCUT2D eigenvalue weighted by molar-refractivity contribution is 7.13. The summed E-state index contributed by atoms with van der Waals surface area (Å²) in [5, 5.41) is 17.7. The van der Waals surface area contributed by atoms with Crippen LogP contribution >= 0.6 is 11.3 Å². The molecule has 0 unspecified atom stereocenters. The third-order valence-electron chi connectivity index (χ3n) is 2.06. The van der Waals surface area contributed by atoms with Crippen molar-refractivity contribution in [2.24, 2.45) is 0 Å². The van der Waals surface area contributed by atoms with Gasteiger partial charge in [-0.3, -0.25) is 5.10 Å². The molecule has 2 heterocycles. The van der Waals surface area contributed by atoms with Gasteiger partial charge in [0.2, 0.25) is 0 Å². The predicted octanol–water partition coefficient (Wildman–Crippen LogP) is 0.904. The van der Waals surface area contributed by atoms with Crippen molar-refractivity contribution >= 4 is 22.4 Å². The van der Waals surface area contributed by atoms with Crippen LogP contribution in [-0.4, -0.2) is 38.3 Å². The van der Waals surface area contributed by atoms with Crippen LogP contribution in [0.4, 0.5) is 5.13 Å². The molecule has 2 aromatic rings. The van der Waals surface area contributed by atoms with Gasteiger partial charge in [-0.1, -0.05) is 0 Å². The summed E-state index contributed by atoms with van der Waals surface area (Å²) >= 11 is 1.28. The summed E-state index contributed by atoms with van der Waals surface area (Å²) in [6.07, 6.45) is 0. The van der Waals surface area contributed by atoms with Gasteiger partial charge in [0.15, 0.2) is 16.6 Å². The van der Waals surface area contributed by atoms with Gasteiger partial charge in [-0.2, -0.15) is 5.10 Å². The maximum absolute atomic E-state index is 10.7. The summed E-state index contributed by atoms with van der Waals surface area (Å²) in [7, 11) is 1.82. The molecule has 0 aliphatic heterocycles. The monoisotopic (exact) mass is 253 g/mol. The number of anilines is 1. The van der Waals surface area contributed by atoms with Crippen LogP contribution in [-0.2, 0) is 6.54 Å². The minimum atomic E-state index is -1.02. The quantitative estimate of drug-likeness (QED) is 0.840. The lowest BCUT2D eigenvalue weighted by Gasteiger charge is -2.12. The second-order valence-electron chi connectivity index (χ2n) is 3.51. The molecule has 2 aromatic heterocycles. The molecule has 0 aliphatic rings. The standard InChI is InChI=1S/C9H11N5O2S/c1-5-10-7(13-12-5)3-14(2)9-11-6(4-17-9)8(15)16/h4H,3H2,1-2H3,(H,15,16)(H,10,12,13). The van der Waals surface area contributed by atoms with Crippen molar-refractivity contribution in [3.63, 3.8) is 0 Å². The number of aromatic nitrogens is 4. The Hall–Kier alpha value is -1.96. The second-order valence-corrected chi connectivity index (χ2v) is 4.35. The minimum absolute atomic E-state index is 0.0583. The SMILES string of the molecule is Cc1nc(CN(C)c2nc(C(=O)O)cs2)n[nH]1. The molecular weight excluding hydrogens is 242 g/mol. The largest absolute Gasteiger partial charge is 0.476 e. The van der Waals surface area contributed by atoms with E-state index in [9.17, 15) is 4.79 Å². The van der Waals surface area contributed by atoms with Gasteiger partial charge >= 0.3 is 5.97 Å². The van der Waals surface area contributed by atoms with Gasteiger partial charge < -0.3 is 10.0 Å². The first-order valence-corrected chi connectivity index (χ1v) is 5.72. The van der Waals surface area contributed by atoms with Crippen molar-refractivity contribution in [3.8, 4) is 0 Å². The first kappa shape index (κ1) is 11.5. The Bertz CT molecular complexity index is 535. The molecule has 0 saturated carbocycles. The Kier molecular flexibility index (Phi) is 3.05. The van der Waals surface area contributed by atoms with Gasteiger partial charge in [0.25, 0.3) is 0 Å². The van der Waals surface area contributed by atoms with E-state index >= 15 is 0 Å². The molecule has 0 fully saturated rings. The third kappa shape index (κ3) is 2.59. The number of H-pyrrole nitrogens is 1. The van der Waals surface area contributed by atoms with E-state index < -0.39 is 5.97 Å². The summed E-state index contributed by atoms with van der Waals surface area (Å²) in [6, 6.07) is 0. The number of carboxylic acid groups (broad SMARTS) is 1. The fourth-order valence-electron chi connectivity index (χ4n) is 1.28. The molecule has 0 saturated heterocycles. The molecule has 0 spiro atoms. The Balaban J connectivity index is 2.08. The van der Waals surface area contributed by atoms with E-state index in [1.807, 2.05) is 14.0 Å². The fourth-order valence-corrected chi connectivity index (χ4v) is 2.04. The molecular formula is C9H11N5O2S. The van der Waals surface area contributed by atoms with Crippen molar-refractivity contribution in [1.29, 1.82) is 0 Å². The molecule has 8 heteroatoms. The summed E-state index contributed by atoms with van der Waals surface area (Å²) in [4.78, 5) is 20.7. The smallest absolute Gasteiger partial charge is 0.355 e. The average Bonchev–Trinajstić information content (AvgIpc) is 2.86. The lowest BCUT2D eigenvalue weighted by molar-refractivity contribution is 0.0691. The third-order valence-corrected chi connectivity index (χ3v) is 3.01. The van der Waals surface area contributed by atoms with Crippen LogP contribution < -0.4 is 4.90 Å². The molecule has 17 heavy (non-hydrogen) atoms. The highest BCUT2D eigenvalue weighted by Gasteiger charge is 2.13. The van der Waals surface area contributed by atoms with Gasteiger partial charge in [-0.25, -0.2) is 14.8 Å². The number of hydrogen-bond donors (Lipinski definition) is 2. The van der Waals surface area contributed by atoms with Crippen LogP contribution in [0, 0.1) is 6.92 Å². The van der Waals surface area contributed by atoms with Crippen LogP contribution in [0.2, 0.25) is 0 Å². The number of aromatic amines is 1. The first-order chi connectivity index (χ1) is 8.06. The maximum atomic E-state index is 10.7. The number of aryl methyl sites for hydroxylation is 1. The van der Waals surface area contributed by atoms with Crippen LogP contribution in [0.1, 0.15) is 22.1 Å². The van der Waals surface area contributed by atoms with Gasteiger partial charge in [-0.15, -0.1) is 11.3 Å². The molecule has 0 amide bonds. The van der Waals surface area contributed by atoms with E-state index in [2.05, 4.69) is 20.2 Å². The number of rotatable bonds is 4. The number of carbonyl (C=O) groups is 1. The zero-order valence-electron chi connectivity index (χ0n) is 9.34. The molecule has 90 valence electrons. The van der Waals surface area contributed by atoms with Gasteiger partial charge in [0.05, 0.1) is 6.54 Å². The molecule has 0 aliphatic carbocycles. The van der Waals surface area contributed by atoms with Crippen molar-refractivity contribution in [2.45, 2.75) is 13.5 Å². The topological polar surface area (TPSA) is 95.0 Å². The number of hydrogen-bond acceptors (Lipinski definition) is 6. The first-order valence-electron chi connectivity index (χ1n) is 4.84. The molecule has 0 aromatic carbocycles. The molecule has 7 nitrogen and oxygen atoms in total.